The number of likely N-dealkylation sites (tertiary alicyclic amines) is 1. The van der Waals surface area contributed by atoms with Crippen LogP contribution >= 0.6 is 0 Å². The average Bonchev–Trinajstić information content (AvgIpc) is 3.05. The van der Waals surface area contributed by atoms with Gasteiger partial charge in [-0.15, -0.1) is 0 Å². The standard InChI is InChI=1S/C21H28N2O2S/c1-17-6-5-14-23(17)15-13-18-9-11-19(12-10-18)20-7-4-8-21(16-20)26(24,25)22(2)3/h4,7-12,16-17H,5-6,13-15H2,1-3H3. The van der Waals surface area contributed by atoms with Gasteiger partial charge in [-0.25, -0.2) is 12.7 Å². The highest BCUT2D eigenvalue weighted by atomic mass is 32.2. The van der Waals surface area contributed by atoms with Crippen LogP contribution in [0.5, 0.6) is 0 Å². The van der Waals surface area contributed by atoms with Crippen LogP contribution in [-0.2, 0) is 16.4 Å². The second-order valence-electron chi connectivity index (χ2n) is 7.29. The number of hydrogen-bond acceptors (Lipinski definition) is 3. The molecule has 0 N–H and O–H groups in total. The van der Waals surface area contributed by atoms with Gasteiger partial charge in [-0.05, 0) is 61.6 Å². The summed E-state index contributed by atoms with van der Waals surface area (Å²) in [5, 5.41) is 0. The number of hydrogen-bond donors (Lipinski definition) is 0. The van der Waals surface area contributed by atoms with E-state index >= 15 is 0 Å². The molecule has 1 heterocycles. The van der Waals surface area contributed by atoms with Crippen molar-refractivity contribution in [1.82, 2.24) is 9.21 Å². The first-order valence-electron chi connectivity index (χ1n) is 9.24. The zero-order chi connectivity index (χ0) is 18.7. The summed E-state index contributed by atoms with van der Waals surface area (Å²) < 4.78 is 25.9. The summed E-state index contributed by atoms with van der Waals surface area (Å²) in [6.45, 7) is 4.63. The predicted octanol–water partition coefficient (Wildman–Crippen LogP) is 3.63. The van der Waals surface area contributed by atoms with Gasteiger partial charge < -0.3 is 4.90 Å². The molecule has 0 bridgehead atoms. The average molecular weight is 373 g/mol. The van der Waals surface area contributed by atoms with Crippen LogP contribution in [0.3, 0.4) is 0 Å². The van der Waals surface area contributed by atoms with Crippen molar-refractivity contribution >= 4 is 10.0 Å². The Labute approximate surface area is 157 Å². The van der Waals surface area contributed by atoms with Crippen molar-refractivity contribution < 1.29 is 8.42 Å². The minimum absolute atomic E-state index is 0.326. The lowest BCUT2D eigenvalue weighted by atomic mass is 10.0. The summed E-state index contributed by atoms with van der Waals surface area (Å²) in [4.78, 5) is 2.89. The van der Waals surface area contributed by atoms with Gasteiger partial charge in [-0.3, -0.25) is 0 Å². The van der Waals surface area contributed by atoms with E-state index < -0.39 is 10.0 Å². The minimum Gasteiger partial charge on any atom is -0.300 e. The monoisotopic (exact) mass is 372 g/mol. The normalized spacial score (nSPS) is 18.5. The van der Waals surface area contributed by atoms with E-state index in [9.17, 15) is 8.42 Å². The van der Waals surface area contributed by atoms with Crippen LogP contribution in [0.1, 0.15) is 25.3 Å². The van der Waals surface area contributed by atoms with Crippen LogP contribution in [0.2, 0.25) is 0 Å². The van der Waals surface area contributed by atoms with Gasteiger partial charge in [0, 0.05) is 26.7 Å². The molecular formula is C21H28N2O2S. The Kier molecular flexibility index (Phi) is 5.80. The summed E-state index contributed by atoms with van der Waals surface area (Å²) in [5.74, 6) is 0. The summed E-state index contributed by atoms with van der Waals surface area (Å²) in [6, 6.07) is 16.3. The Balaban J connectivity index is 1.72. The maximum atomic E-state index is 12.3. The van der Waals surface area contributed by atoms with E-state index in [0.717, 1.165) is 24.1 Å². The van der Waals surface area contributed by atoms with Crippen LogP contribution in [-0.4, -0.2) is 50.8 Å². The fourth-order valence-electron chi connectivity index (χ4n) is 3.51. The van der Waals surface area contributed by atoms with Crippen LogP contribution in [0, 0.1) is 0 Å². The SMILES string of the molecule is CC1CCCN1CCc1ccc(-c2cccc(S(=O)(=O)N(C)C)c2)cc1. The van der Waals surface area contributed by atoms with Crippen LogP contribution in [0.15, 0.2) is 53.4 Å². The molecule has 1 aliphatic rings. The van der Waals surface area contributed by atoms with Crippen molar-refractivity contribution in [3.8, 4) is 11.1 Å². The molecule has 5 heteroatoms. The van der Waals surface area contributed by atoms with Gasteiger partial charge in [-0.1, -0.05) is 36.4 Å². The second-order valence-corrected chi connectivity index (χ2v) is 9.44. The number of benzene rings is 2. The molecule has 2 aromatic rings. The molecule has 0 aliphatic carbocycles. The number of nitrogens with zero attached hydrogens (tertiary/aromatic N) is 2. The molecule has 0 amide bonds. The highest BCUT2D eigenvalue weighted by Crippen LogP contribution is 2.24. The van der Waals surface area contributed by atoms with Gasteiger partial charge in [0.1, 0.15) is 0 Å². The Morgan fingerprint density at radius 3 is 2.42 bits per heavy atom. The van der Waals surface area contributed by atoms with Crippen LogP contribution in [0.25, 0.3) is 11.1 Å². The van der Waals surface area contributed by atoms with E-state index in [0.29, 0.717) is 10.9 Å². The molecule has 0 saturated carbocycles. The largest absolute Gasteiger partial charge is 0.300 e. The van der Waals surface area contributed by atoms with Gasteiger partial charge in [-0.2, -0.15) is 0 Å². The summed E-state index contributed by atoms with van der Waals surface area (Å²) in [6.07, 6.45) is 3.68. The lowest BCUT2D eigenvalue weighted by molar-refractivity contribution is 0.272. The molecule has 26 heavy (non-hydrogen) atoms. The Morgan fingerprint density at radius 2 is 1.81 bits per heavy atom. The maximum absolute atomic E-state index is 12.3. The molecule has 3 rings (SSSR count). The van der Waals surface area contributed by atoms with Crippen molar-refractivity contribution in [3.05, 3.63) is 54.1 Å². The third-order valence-corrected chi connectivity index (χ3v) is 7.09. The first kappa shape index (κ1) is 19.1. The molecule has 1 atom stereocenters. The van der Waals surface area contributed by atoms with Crippen molar-refractivity contribution in [1.29, 1.82) is 0 Å². The Morgan fingerprint density at radius 1 is 1.08 bits per heavy atom. The van der Waals surface area contributed by atoms with E-state index in [-0.39, 0.29) is 0 Å². The first-order valence-corrected chi connectivity index (χ1v) is 10.7. The minimum atomic E-state index is -3.41. The molecule has 0 spiro atoms. The van der Waals surface area contributed by atoms with Gasteiger partial charge >= 0.3 is 0 Å². The summed E-state index contributed by atoms with van der Waals surface area (Å²) >= 11 is 0. The molecular weight excluding hydrogens is 344 g/mol. The lowest BCUT2D eigenvalue weighted by Gasteiger charge is -2.20. The molecule has 1 unspecified atom stereocenters. The van der Waals surface area contributed by atoms with E-state index in [1.807, 2.05) is 6.07 Å². The highest BCUT2D eigenvalue weighted by Gasteiger charge is 2.19. The molecule has 0 radical (unpaired) electrons. The number of rotatable bonds is 6. The van der Waals surface area contributed by atoms with E-state index in [4.69, 9.17) is 0 Å². The summed E-state index contributed by atoms with van der Waals surface area (Å²) in [5.41, 5.74) is 3.29. The fraction of sp³-hybridized carbons (Fsp3) is 0.429. The Bertz CT molecular complexity index is 845. The van der Waals surface area contributed by atoms with Crippen molar-refractivity contribution in [2.24, 2.45) is 0 Å². The summed E-state index contributed by atoms with van der Waals surface area (Å²) in [7, 11) is -0.304. The van der Waals surface area contributed by atoms with Crippen molar-refractivity contribution in [3.63, 3.8) is 0 Å². The smallest absolute Gasteiger partial charge is 0.242 e. The van der Waals surface area contributed by atoms with E-state index in [2.05, 4.69) is 36.1 Å². The van der Waals surface area contributed by atoms with Crippen molar-refractivity contribution in [2.75, 3.05) is 27.2 Å². The third-order valence-electron chi connectivity index (χ3n) is 5.28. The van der Waals surface area contributed by atoms with Gasteiger partial charge in [0.2, 0.25) is 10.0 Å². The maximum Gasteiger partial charge on any atom is 0.242 e. The highest BCUT2D eigenvalue weighted by molar-refractivity contribution is 7.89. The van der Waals surface area contributed by atoms with Crippen molar-refractivity contribution in [2.45, 2.75) is 37.1 Å². The van der Waals surface area contributed by atoms with Crippen LogP contribution in [0.4, 0.5) is 0 Å². The first-order chi connectivity index (χ1) is 12.4. The van der Waals surface area contributed by atoms with E-state index in [1.165, 1.54) is 29.3 Å². The van der Waals surface area contributed by atoms with Crippen LogP contribution < -0.4 is 0 Å². The molecule has 1 saturated heterocycles. The molecule has 1 fully saturated rings. The third kappa shape index (κ3) is 4.17. The topological polar surface area (TPSA) is 40.6 Å². The zero-order valence-electron chi connectivity index (χ0n) is 15.9. The molecule has 140 valence electrons. The number of sulfonamides is 1. The predicted molar refractivity (Wildman–Crippen MR) is 107 cm³/mol. The van der Waals surface area contributed by atoms with Gasteiger partial charge in [0.25, 0.3) is 0 Å². The quantitative estimate of drug-likeness (QED) is 0.777. The molecule has 0 aromatic heterocycles. The Hall–Kier alpha value is -1.69. The molecule has 1 aliphatic heterocycles. The molecule has 2 aromatic carbocycles. The lowest BCUT2D eigenvalue weighted by Crippen LogP contribution is -2.28. The molecule has 4 nitrogen and oxygen atoms in total. The van der Waals surface area contributed by atoms with Gasteiger partial charge in [0.05, 0.1) is 4.90 Å². The fourth-order valence-corrected chi connectivity index (χ4v) is 4.46. The zero-order valence-corrected chi connectivity index (χ0v) is 16.7. The van der Waals surface area contributed by atoms with E-state index in [1.54, 1.807) is 32.3 Å². The second kappa shape index (κ2) is 7.91. The van der Waals surface area contributed by atoms with Gasteiger partial charge in [0.15, 0.2) is 0 Å².